The van der Waals surface area contributed by atoms with Crippen LogP contribution in [0.5, 0.6) is 0 Å². The molecule has 6 nitrogen and oxygen atoms in total. The van der Waals surface area contributed by atoms with Crippen LogP contribution in [-0.4, -0.2) is 27.0 Å². The smallest absolute Gasteiger partial charge is 0.251 e. The Labute approximate surface area is 184 Å². The number of amides is 1. The third kappa shape index (κ3) is 5.13. The number of aromatic nitrogens is 2. The molecule has 0 aliphatic carbocycles. The Balaban J connectivity index is 1.44. The van der Waals surface area contributed by atoms with Crippen LogP contribution in [0.25, 0.3) is 5.69 Å². The van der Waals surface area contributed by atoms with E-state index in [2.05, 4.69) is 10.3 Å². The molecule has 7 heteroatoms. The van der Waals surface area contributed by atoms with Gasteiger partial charge in [-0.1, -0.05) is 48.2 Å². The lowest BCUT2D eigenvalue weighted by atomic mass is 10.2. The van der Waals surface area contributed by atoms with Crippen molar-refractivity contribution in [1.29, 1.82) is 0 Å². The Kier molecular flexibility index (Phi) is 6.33. The number of carbonyl (C=O) groups is 2. The van der Waals surface area contributed by atoms with Gasteiger partial charge in [-0.25, -0.2) is 4.98 Å². The Morgan fingerprint density at radius 1 is 1.03 bits per heavy atom. The minimum absolute atomic E-state index is 0.0430. The maximum atomic E-state index is 12.6. The summed E-state index contributed by atoms with van der Waals surface area (Å²) in [4.78, 5) is 29.4. The van der Waals surface area contributed by atoms with E-state index in [0.29, 0.717) is 28.6 Å². The molecular formula is C24H21N3O3S. The lowest BCUT2D eigenvalue weighted by molar-refractivity contribution is 0.0947. The molecular weight excluding hydrogens is 410 g/mol. The second kappa shape index (κ2) is 9.49. The maximum absolute atomic E-state index is 12.6. The monoisotopic (exact) mass is 431 g/mol. The van der Waals surface area contributed by atoms with Crippen LogP contribution >= 0.6 is 11.8 Å². The van der Waals surface area contributed by atoms with Gasteiger partial charge in [0.05, 0.1) is 12.3 Å². The third-order valence-corrected chi connectivity index (χ3v) is 5.61. The largest absolute Gasteiger partial charge is 0.465 e. The molecule has 31 heavy (non-hydrogen) atoms. The number of rotatable bonds is 8. The van der Waals surface area contributed by atoms with Gasteiger partial charge in [0.2, 0.25) is 0 Å². The molecule has 1 amide bonds. The standard InChI is InChI=1S/C24H21N3O3S/c1-17-10-11-21(30-17)15-26-23(29)19-8-5-9-20(14-19)27-13-12-25-24(27)31-16-22(28)18-6-3-2-4-7-18/h2-14H,15-16H2,1H3,(H,26,29). The van der Waals surface area contributed by atoms with Gasteiger partial charge in [-0.2, -0.15) is 0 Å². The summed E-state index contributed by atoms with van der Waals surface area (Å²) < 4.78 is 7.36. The van der Waals surface area contributed by atoms with Crippen molar-refractivity contribution in [2.45, 2.75) is 18.6 Å². The predicted molar refractivity (Wildman–Crippen MR) is 120 cm³/mol. The SMILES string of the molecule is Cc1ccc(CNC(=O)c2cccc(-n3ccnc3SCC(=O)c3ccccc3)c2)o1. The van der Waals surface area contributed by atoms with Gasteiger partial charge in [0.15, 0.2) is 10.9 Å². The number of aryl methyl sites for hydroxylation is 1. The van der Waals surface area contributed by atoms with Crippen molar-refractivity contribution in [3.8, 4) is 5.69 Å². The normalized spacial score (nSPS) is 10.7. The number of Topliss-reactive ketones (excluding diaryl/α,β-unsaturated/α-hetero) is 1. The first-order valence-corrected chi connectivity index (χ1v) is 10.8. The van der Waals surface area contributed by atoms with Gasteiger partial charge in [-0.3, -0.25) is 14.2 Å². The van der Waals surface area contributed by atoms with E-state index in [4.69, 9.17) is 4.42 Å². The number of nitrogens with one attached hydrogen (secondary N) is 1. The van der Waals surface area contributed by atoms with Gasteiger partial charge in [-0.15, -0.1) is 0 Å². The van der Waals surface area contributed by atoms with E-state index in [9.17, 15) is 9.59 Å². The van der Waals surface area contributed by atoms with Gasteiger partial charge < -0.3 is 9.73 Å². The van der Waals surface area contributed by atoms with E-state index in [0.717, 1.165) is 11.4 Å². The molecule has 0 atom stereocenters. The summed E-state index contributed by atoms with van der Waals surface area (Å²) in [6.45, 7) is 2.19. The second-order valence-corrected chi connectivity index (χ2v) is 7.85. The molecule has 0 unspecified atom stereocenters. The molecule has 0 aliphatic heterocycles. The van der Waals surface area contributed by atoms with Crippen LogP contribution in [0, 0.1) is 6.92 Å². The highest BCUT2D eigenvalue weighted by Gasteiger charge is 2.13. The fourth-order valence-corrected chi connectivity index (χ4v) is 3.94. The summed E-state index contributed by atoms with van der Waals surface area (Å²) in [6, 6.07) is 20.2. The molecule has 0 radical (unpaired) electrons. The quantitative estimate of drug-likeness (QED) is 0.324. The summed E-state index contributed by atoms with van der Waals surface area (Å²) in [6.07, 6.45) is 3.50. The Morgan fingerprint density at radius 2 is 1.84 bits per heavy atom. The summed E-state index contributed by atoms with van der Waals surface area (Å²) in [5, 5.41) is 3.55. The highest BCUT2D eigenvalue weighted by atomic mass is 32.2. The first-order valence-electron chi connectivity index (χ1n) is 9.78. The maximum Gasteiger partial charge on any atom is 0.251 e. The summed E-state index contributed by atoms with van der Waals surface area (Å²) >= 11 is 1.36. The van der Waals surface area contributed by atoms with Crippen molar-refractivity contribution in [3.05, 3.63) is 102 Å². The number of hydrogen-bond acceptors (Lipinski definition) is 5. The zero-order chi connectivity index (χ0) is 21.6. The van der Waals surface area contributed by atoms with E-state index in [1.54, 1.807) is 18.3 Å². The zero-order valence-electron chi connectivity index (χ0n) is 16.9. The fraction of sp³-hybridized carbons (Fsp3) is 0.125. The van der Waals surface area contributed by atoms with Crippen molar-refractivity contribution >= 4 is 23.5 Å². The van der Waals surface area contributed by atoms with Gasteiger partial charge >= 0.3 is 0 Å². The van der Waals surface area contributed by atoms with Crippen molar-refractivity contribution in [2.75, 3.05) is 5.75 Å². The average Bonchev–Trinajstić information content (AvgIpc) is 3.45. The number of thioether (sulfide) groups is 1. The molecule has 4 rings (SSSR count). The fourth-order valence-electron chi connectivity index (χ4n) is 3.08. The van der Waals surface area contributed by atoms with Crippen LogP contribution in [0.15, 0.2) is 88.7 Å². The van der Waals surface area contributed by atoms with E-state index < -0.39 is 0 Å². The lowest BCUT2D eigenvalue weighted by Gasteiger charge is -2.10. The molecule has 0 saturated carbocycles. The third-order valence-electron chi connectivity index (χ3n) is 4.64. The highest BCUT2D eigenvalue weighted by Crippen LogP contribution is 2.22. The molecule has 156 valence electrons. The van der Waals surface area contributed by atoms with Gasteiger partial charge in [0, 0.05) is 29.2 Å². The topological polar surface area (TPSA) is 77.1 Å². The molecule has 4 aromatic rings. The van der Waals surface area contributed by atoms with Crippen LogP contribution in [-0.2, 0) is 6.54 Å². The number of carbonyl (C=O) groups excluding carboxylic acids is 2. The molecule has 0 aliphatic rings. The van der Waals surface area contributed by atoms with Crippen molar-refractivity contribution in [3.63, 3.8) is 0 Å². The molecule has 2 heterocycles. The van der Waals surface area contributed by atoms with Gasteiger partial charge in [0.25, 0.3) is 5.91 Å². The van der Waals surface area contributed by atoms with E-state index in [-0.39, 0.29) is 17.4 Å². The van der Waals surface area contributed by atoms with E-state index in [1.807, 2.05) is 72.3 Å². The molecule has 0 fully saturated rings. The van der Waals surface area contributed by atoms with Gasteiger partial charge in [-0.05, 0) is 37.3 Å². The van der Waals surface area contributed by atoms with Crippen LogP contribution in [0.3, 0.4) is 0 Å². The number of ketones is 1. The van der Waals surface area contributed by atoms with Crippen molar-refractivity contribution < 1.29 is 14.0 Å². The summed E-state index contributed by atoms with van der Waals surface area (Å²) in [7, 11) is 0. The average molecular weight is 432 g/mol. The first kappa shape index (κ1) is 20.7. The van der Waals surface area contributed by atoms with Crippen LogP contribution in [0.4, 0.5) is 0 Å². The van der Waals surface area contributed by atoms with Gasteiger partial charge in [0.1, 0.15) is 11.5 Å². The molecule has 1 N–H and O–H groups in total. The number of imidazole rings is 1. The highest BCUT2D eigenvalue weighted by molar-refractivity contribution is 7.99. The van der Waals surface area contributed by atoms with Crippen LogP contribution in [0.1, 0.15) is 32.2 Å². The van der Waals surface area contributed by atoms with Crippen LogP contribution < -0.4 is 5.32 Å². The molecule has 0 spiro atoms. The molecule has 0 bridgehead atoms. The van der Waals surface area contributed by atoms with Crippen molar-refractivity contribution in [2.24, 2.45) is 0 Å². The first-order chi connectivity index (χ1) is 15.1. The number of benzene rings is 2. The minimum Gasteiger partial charge on any atom is -0.465 e. The lowest BCUT2D eigenvalue weighted by Crippen LogP contribution is -2.22. The van der Waals surface area contributed by atoms with E-state index >= 15 is 0 Å². The Bertz CT molecular complexity index is 1200. The second-order valence-electron chi connectivity index (χ2n) is 6.90. The summed E-state index contributed by atoms with van der Waals surface area (Å²) in [5.41, 5.74) is 2.01. The minimum atomic E-state index is -0.190. The van der Waals surface area contributed by atoms with Crippen LogP contribution in [0.2, 0.25) is 0 Å². The Morgan fingerprint density at radius 3 is 2.61 bits per heavy atom. The zero-order valence-corrected chi connectivity index (χ0v) is 17.8. The predicted octanol–water partition coefficient (Wildman–Crippen LogP) is 4.68. The Hall–Kier alpha value is -3.58. The van der Waals surface area contributed by atoms with Crippen molar-refractivity contribution in [1.82, 2.24) is 14.9 Å². The molecule has 2 aromatic heterocycles. The molecule has 2 aromatic carbocycles. The number of hydrogen-bond donors (Lipinski definition) is 1. The van der Waals surface area contributed by atoms with E-state index in [1.165, 1.54) is 11.8 Å². The number of furan rings is 1. The molecule has 0 saturated heterocycles. The number of nitrogens with zero attached hydrogens (tertiary/aromatic N) is 2. The summed E-state index contributed by atoms with van der Waals surface area (Å²) in [5.74, 6) is 1.65.